The van der Waals surface area contributed by atoms with Crippen LogP contribution in [0.3, 0.4) is 0 Å². The molecule has 0 heterocycles. The molecular weight excluding hydrogens is 1050 g/mol. The van der Waals surface area contributed by atoms with E-state index < -0.39 is 24.3 Å². The van der Waals surface area contributed by atoms with Crippen LogP contribution in [0, 0.1) is 0 Å². The number of unbranched alkanes of at least 4 members (excludes halogenated alkanes) is 31. The Morgan fingerprint density at radius 3 is 0.941 bits per heavy atom. The second-order valence-corrected chi connectivity index (χ2v) is 24.4. The van der Waals surface area contributed by atoms with Gasteiger partial charge in [0.15, 0.2) is 6.10 Å². The van der Waals surface area contributed by atoms with Crippen molar-refractivity contribution in [3.63, 3.8) is 0 Å². The highest BCUT2D eigenvalue weighted by molar-refractivity contribution is 5.71. The number of ether oxygens (including phenoxy) is 4. The molecule has 1 N–H and O–H groups in total. The Morgan fingerprint density at radius 1 is 0.353 bits per heavy atom. The zero-order chi connectivity index (χ0) is 61.9. The number of likely N-dealkylation sites (N-methyl/N-ethyl adjacent to an activating group) is 1. The Bertz CT molecular complexity index is 1760. The van der Waals surface area contributed by atoms with Crippen molar-refractivity contribution >= 4 is 17.9 Å². The Balaban J connectivity index is 4.08. The number of quaternary nitrogens is 1. The van der Waals surface area contributed by atoms with Gasteiger partial charge in [-0.05, 0) is 96.3 Å². The van der Waals surface area contributed by atoms with E-state index in [-0.39, 0.29) is 32.2 Å². The van der Waals surface area contributed by atoms with Crippen LogP contribution >= 0.6 is 0 Å². The average molecular weight is 1190 g/mol. The fourth-order valence-electron chi connectivity index (χ4n) is 9.74. The zero-order valence-electron chi connectivity index (χ0n) is 55.7. The number of hydrogen-bond acceptors (Lipinski definition) is 7. The van der Waals surface area contributed by atoms with Gasteiger partial charge in [-0.3, -0.25) is 9.59 Å². The molecule has 0 amide bonds. The van der Waals surface area contributed by atoms with Crippen molar-refractivity contribution in [3.05, 3.63) is 109 Å². The summed E-state index contributed by atoms with van der Waals surface area (Å²) in [7, 11) is 5.98. The second kappa shape index (κ2) is 65.9. The van der Waals surface area contributed by atoms with E-state index in [1.807, 2.05) is 21.1 Å². The maximum Gasteiger partial charge on any atom is 0.361 e. The van der Waals surface area contributed by atoms with Crippen LogP contribution in [0.25, 0.3) is 0 Å². The van der Waals surface area contributed by atoms with E-state index in [4.69, 9.17) is 18.9 Å². The topological polar surface area (TPSA) is 108 Å². The van der Waals surface area contributed by atoms with Crippen LogP contribution in [0.15, 0.2) is 109 Å². The van der Waals surface area contributed by atoms with Gasteiger partial charge >= 0.3 is 17.9 Å². The third kappa shape index (κ3) is 67.3. The maximum absolute atomic E-state index is 13.0. The minimum absolute atomic E-state index is 0.185. The number of esters is 2. The molecule has 0 saturated heterocycles. The van der Waals surface area contributed by atoms with Gasteiger partial charge in [0.2, 0.25) is 0 Å². The lowest BCUT2D eigenvalue weighted by Crippen LogP contribution is -2.40. The van der Waals surface area contributed by atoms with Gasteiger partial charge in [0.25, 0.3) is 6.29 Å². The standard InChI is InChI=1S/C76H131NO8/c1-6-8-10-12-14-16-18-20-22-24-26-28-30-32-33-34-35-36-37-38-39-40-41-43-45-47-49-51-53-55-57-59-61-63-65-67-74(79)85-72(71-84-76(75(80)81)82-69-68-77(3,4)5)70-83-73(78)66-64-62-60-58-56-54-52-50-48-46-44-42-31-29-27-25-23-21-19-17-15-13-11-9-7-2/h8-11,14-17,20-23,26-29,32-33,72,76H,6-7,12-13,18-19,24-25,30-31,34-71H2,1-5H3/p+1/b10-8-,11-9-,16-14-,17-15-,22-20-,23-21-,28-26-,29-27-,33-32-. The number of aliphatic carboxylic acids is 1. The highest BCUT2D eigenvalue weighted by Gasteiger charge is 2.25. The van der Waals surface area contributed by atoms with E-state index in [9.17, 15) is 19.5 Å². The van der Waals surface area contributed by atoms with Crippen LogP contribution in [0.4, 0.5) is 0 Å². The molecule has 0 spiro atoms. The molecule has 0 aromatic carbocycles. The molecule has 9 heteroatoms. The lowest BCUT2D eigenvalue weighted by Gasteiger charge is -2.25. The van der Waals surface area contributed by atoms with Crippen molar-refractivity contribution in [2.45, 2.75) is 309 Å². The summed E-state index contributed by atoms with van der Waals surface area (Å²) in [6.45, 7) is 4.68. The summed E-state index contributed by atoms with van der Waals surface area (Å²) in [4.78, 5) is 37.6. The van der Waals surface area contributed by atoms with E-state index in [0.29, 0.717) is 17.4 Å². The fourth-order valence-corrected chi connectivity index (χ4v) is 9.74. The first-order chi connectivity index (χ1) is 41.6. The van der Waals surface area contributed by atoms with Crippen LogP contribution in [0.1, 0.15) is 296 Å². The summed E-state index contributed by atoms with van der Waals surface area (Å²) < 4.78 is 23.0. The second-order valence-electron chi connectivity index (χ2n) is 24.4. The molecule has 0 aromatic heterocycles. The first-order valence-corrected chi connectivity index (χ1v) is 35.1. The quantitative estimate of drug-likeness (QED) is 0.0211. The summed E-state index contributed by atoms with van der Waals surface area (Å²) in [6.07, 6.45) is 89.1. The summed E-state index contributed by atoms with van der Waals surface area (Å²) >= 11 is 0. The van der Waals surface area contributed by atoms with Crippen LogP contribution < -0.4 is 0 Å². The molecule has 0 bridgehead atoms. The van der Waals surface area contributed by atoms with E-state index in [0.717, 1.165) is 96.3 Å². The molecule has 0 aliphatic carbocycles. The summed E-state index contributed by atoms with van der Waals surface area (Å²) in [6, 6.07) is 0. The lowest BCUT2D eigenvalue weighted by molar-refractivity contribution is -0.870. The van der Waals surface area contributed by atoms with Crippen molar-refractivity contribution in [3.8, 4) is 0 Å². The van der Waals surface area contributed by atoms with Gasteiger partial charge in [0, 0.05) is 12.8 Å². The van der Waals surface area contributed by atoms with Gasteiger partial charge < -0.3 is 28.5 Å². The first-order valence-electron chi connectivity index (χ1n) is 35.1. The highest BCUT2D eigenvalue weighted by atomic mass is 16.7. The molecule has 0 fully saturated rings. The summed E-state index contributed by atoms with van der Waals surface area (Å²) in [5.41, 5.74) is 0. The summed E-state index contributed by atoms with van der Waals surface area (Å²) in [5, 5.41) is 9.75. The van der Waals surface area contributed by atoms with Gasteiger partial charge in [0.05, 0.1) is 34.4 Å². The number of carbonyl (C=O) groups is 3. The van der Waals surface area contributed by atoms with Gasteiger partial charge in [-0.15, -0.1) is 0 Å². The Kier molecular flexibility index (Phi) is 62.8. The highest BCUT2D eigenvalue weighted by Crippen LogP contribution is 2.18. The molecule has 0 saturated carbocycles. The van der Waals surface area contributed by atoms with Crippen molar-refractivity contribution in [2.24, 2.45) is 0 Å². The SMILES string of the molecule is CC/C=C\C/C=C\C/C=C\C/C=C\C/C=C\CCCCCCCCCCCCCCCCCCCCCC(=O)OC(COC(=O)CCCCCCCCCCCCCC/C=C\C/C=C\C/C=C\C/C=C\CC)COC(OCC[N+](C)(C)C)C(=O)O. The predicted octanol–water partition coefficient (Wildman–Crippen LogP) is 21.8. The number of carbonyl (C=O) groups excluding carboxylic acids is 2. The third-order valence-corrected chi connectivity index (χ3v) is 15.0. The molecule has 0 aromatic rings. The van der Waals surface area contributed by atoms with E-state index in [2.05, 4.69) is 123 Å². The van der Waals surface area contributed by atoms with Gasteiger partial charge in [0.1, 0.15) is 13.2 Å². The van der Waals surface area contributed by atoms with E-state index in [1.165, 1.54) is 173 Å². The minimum Gasteiger partial charge on any atom is -0.477 e. The maximum atomic E-state index is 13.0. The monoisotopic (exact) mass is 1190 g/mol. The molecule has 2 atom stereocenters. The van der Waals surface area contributed by atoms with Gasteiger partial charge in [-0.2, -0.15) is 0 Å². The number of rotatable bonds is 64. The molecule has 85 heavy (non-hydrogen) atoms. The van der Waals surface area contributed by atoms with Crippen LogP contribution in [-0.4, -0.2) is 87.4 Å². The van der Waals surface area contributed by atoms with E-state index >= 15 is 0 Å². The molecule has 2 unspecified atom stereocenters. The summed E-state index contributed by atoms with van der Waals surface area (Å²) in [5.74, 6) is -2.00. The van der Waals surface area contributed by atoms with Crippen molar-refractivity contribution in [1.82, 2.24) is 0 Å². The molecule has 0 rings (SSSR count). The number of nitrogens with zero attached hydrogens (tertiary/aromatic N) is 1. The minimum atomic E-state index is -1.51. The number of carboxylic acid groups (broad SMARTS) is 1. The Morgan fingerprint density at radius 2 is 0.635 bits per heavy atom. The molecular formula is C76H132NO8+. The average Bonchev–Trinajstić information content (AvgIpc) is 3.48. The van der Waals surface area contributed by atoms with E-state index in [1.54, 1.807) is 0 Å². The van der Waals surface area contributed by atoms with Gasteiger partial charge in [-0.25, -0.2) is 4.79 Å². The largest absolute Gasteiger partial charge is 0.477 e. The number of allylic oxidation sites excluding steroid dienone is 18. The molecule has 0 aliphatic rings. The normalized spacial score (nSPS) is 13.4. The Labute approximate surface area is 524 Å². The van der Waals surface area contributed by atoms with Crippen LogP contribution in [-0.2, 0) is 33.3 Å². The lowest BCUT2D eigenvalue weighted by atomic mass is 10.0. The van der Waals surface area contributed by atoms with Crippen molar-refractivity contribution in [2.75, 3.05) is 47.5 Å². The molecule has 0 radical (unpaired) electrons. The number of carboxylic acids is 1. The first kappa shape index (κ1) is 81.0. The Hall–Kier alpha value is -4.05. The predicted molar refractivity (Wildman–Crippen MR) is 364 cm³/mol. The van der Waals surface area contributed by atoms with Crippen LogP contribution in [0.2, 0.25) is 0 Å². The fraction of sp³-hybridized carbons (Fsp3) is 0.724. The molecule has 0 aliphatic heterocycles. The van der Waals surface area contributed by atoms with Gasteiger partial charge in [-0.1, -0.05) is 297 Å². The van der Waals surface area contributed by atoms with Crippen LogP contribution in [0.5, 0.6) is 0 Å². The van der Waals surface area contributed by atoms with Crippen molar-refractivity contribution < 1.29 is 42.9 Å². The smallest absolute Gasteiger partial charge is 0.361 e. The molecule has 9 nitrogen and oxygen atoms in total. The molecule has 488 valence electrons. The number of hydrogen-bond donors (Lipinski definition) is 1. The third-order valence-electron chi connectivity index (χ3n) is 15.0. The van der Waals surface area contributed by atoms with Crippen molar-refractivity contribution in [1.29, 1.82) is 0 Å². The zero-order valence-corrected chi connectivity index (χ0v) is 55.7.